The van der Waals surface area contributed by atoms with E-state index in [0.29, 0.717) is 5.56 Å². The van der Waals surface area contributed by atoms with Gasteiger partial charge in [0.15, 0.2) is 0 Å². The van der Waals surface area contributed by atoms with Gasteiger partial charge in [0.2, 0.25) is 0 Å². The highest BCUT2D eigenvalue weighted by molar-refractivity contribution is 6.30. The van der Waals surface area contributed by atoms with Crippen molar-refractivity contribution in [3.63, 3.8) is 0 Å². The summed E-state index contributed by atoms with van der Waals surface area (Å²) in [4.78, 5) is 36.7. The summed E-state index contributed by atoms with van der Waals surface area (Å²) < 4.78 is 63.5. The predicted molar refractivity (Wildman–Crippen MR) is 119 cm³/mol. The first-order valence-electron chi connectivity index (χ1n) is 10.4. The minimum absolute atomic E-state index is 0.0220. The van der Waals surface area contributed by atoms with Crippen molar-refractivity contribution in [1.29, 1.82) is 0 Å². The molecule has 1 spiro atoms. The zero-order valence-corrected chi connectivity index (χ0v) is 19.5. The quantitative estimate of drug-likeness (QED) is 0.449. The van der Waals surface area contributed by atoms with Crippen molar-refractivity contribution in [2.75, 3.05) is 24.5 Å². The Hall–Kier alpha value is -3.39. The topological polar surface area (TPSA) is 120 Å². The van der Waals surface area contributed by atoms with E-state index in [4.69, 9.17) is 31.4 Å². The van der Waals surface area contributed by atoms with Crippen LogP contribution >= 0.6 is 11.6 Å². The largest absolute Gasteiger partial charge is 0.490 e. The molecular formula is C22H20ClF6N3O5. The number of fused-ring (bicyclic) bond motifs is 2. The molecular weight excluding hydrogens is 536 g/mol. The van der Waals surface area contributed by atoms with E-state index in [1.54, 1.807) is 24.5 Å². The van der Waals surface area contributed by atoms with Crippen LogP contribution in [0.15, 0.2) is 42.7 Å². The Labute approximate surface area is 210 Å². The van der Waals surface area contributed by atoms with Crippen LogP contribution in [0.1, 0.15) is 28.8 Å². The molecule has 4 rings (SSSR count). The van der Waals surface area contributed by atoms with Crippen LogP contribution in [0.5, 0.6) is 0 Å². The summed E-state index contributed by atoms with van der Waals surface area (Å²) in [6.45, 7) is 2.68. The molecule has 1 saturated heterocycles. The molecule has 37 heavy (non-hydrogen) atoms. The summed E-state index contributed by atoms with van der Waals surface area (Å²) in [5.74, 6) is -5.48. The number of aromatic nitrogens is 1. The van der Waals surface area contributed by atoms with Gasteiger partial charge >= 0.3 is 24.3 Å². The van der Waals surface area contributed by atoms with Crippen molar-refractivity contribution in [3.8, 4) is 0 Å². The van der Waals surface area contributed by atoms with E-state index in [-0.39, 0.29) is 11.3 Å². The summed E-state index contributed by atoms with van der Waals surface area (Å²) in [5.41, 5.74) is 2.91. The van der Waals surface area contributed by atoms with E-state index in [1.165, 1.54) is 5.56 Å². The molecule has 1 aromatic carbocycles. The lowest BCUT2D eigenvalue weighted by Crippen LogP contribution is -2.44. The monoisotopic (exact) mass is 555 g/mol. The third-order valence-corrected chi connectivity index (χ3v) is 5.73. The SMILES string of the molecule is O=C(O)C(F)(F)F.O=C(O)C(F)(F)F.O=C(c1ccncc1)N1CC2(CCNCC2)c2cc(Cl)ccc21. The third-order valence-electron chi connectivity index (χ3n) is 5.50. The first-order valence-corrected chi connectivity index (χ1v) is 10.8. The first kappa shape index (κ1) is 29.8. The van der Waals surface area contributed by atoms with Gasteiger partial charge in [-0.25, -0.2) is 9.59 Å². The molecule has 8 nitrogen and oxygen atoms in total. The van der Waals surface area contributed by atoms with Crippen LogP contribution in [0.4, 0.5) is 32.0 Å². The Morgan fingerprint density at radius 1 is 0.919 bits per heavy atom. The van der Waals surface area contributed by atoms with Gasteiger partial charge < -0.3 is 20.4 Å². The highest BCUT2D eigenvalue weighted by Gasteiger charge is 2.45. The molecule has 2 aromatic rings. The van der Waals surface area contributed by atoms with E-state index in [9.17, 15) is 31.1 Å². The fourth-order valence-corrected chi connectivity index (χ4v) is 3.98. The van der Waals surface area contributed by atoms with Crippen molar-refractivity contribution in [3.05, 3.63) is 58.9 Å². The van der Waals surface area contributed by atoms with Gasteiger partial charge in [0.1, 0.15) is 0 Å². The van der Waals surface area contributed by atoms with Crippen LogP contribution in [-0.4, -0.2) is 65.0 Å². The van der Waals surface area contributed by atoms with Crippen LogP contribution in [0.3, 0.4) is 0 Å². The van der Waals surface area contributed by atoms with Gasteiger partial charge in [-0.3, -0.25) is 9.78 Å². The van der Waals surface area contributed by atoms with Crippen LogP contribution in [0.25, 0.3) is 0 Å². The Morgan fingerprint density at radius 3 is 1.86 bits per heavy atom. The summed E-state index contributed by atoms with van der Waals surface area (Å²) >= 11 is 6.24. The number of nitrogens with zero attached hydrogens (tertiary/aromatic N) is 2. The third kappa shape index (κ3) is 7.79. The number of alkyl halides is 6. The molecule has 0 atom stereocenters. The smallest absolute Gasteiger partial charge is 0.475 e. The number of nitrogens with one attached hydrogen (secondary N) is 1. The average Bonchev–Trinajstić information content (AvgIpc) is 3.12. The normalized spacial score (nSPS) is 16.0. The maximum atomic E-state index is 13.0. The molecule has 0 saturated carbocycles. The molecule has 0 unspecified atom stereocenters. The molecule has 3 heterocycles. The molecule has 202 valence electrons. The van der Waals surface area contributed by atoms with Crippen molar-refractivity contribution in [2.24, 2.45) is 0 Å². The average molecular weight is 556 g/mol. The maximum Gasteiger partial charge on any atom is 0.490 e. The lowest BCUT2D eigenvalue weighted by molar-refractivity contribution is -0.193. The number of hydrogen-bond acceptors (Lipinski definition) is 5. The van der Waals surface area contributed by atoms with Gasteiger partial charge in [0.25, 0.3) is 5.91 Å². The highest BCUT2D eigenvalue weighted by Crippen LogP contribution is 2.47. The number of benzene rings is 1. The number of anilines is 1. The molecule has 1 amide bonds. The molecule has 15 heteroatoms. The van der Waals surface area contributed by atoms with Crippen molar-refractivity contribution in [2.45, 2.75) is 30.6 Å². The number of carbonyl (C=O) groups excluding carboxylic acids is 1. The second-order valence-corrected chi connectivity index (χ2v) is 8.36. The number of hydrogen-bond donors (Lipinski definition) is 3. The fourth-order valence-electron chi connectivity index (χ4n) is 3.81. The van der Waals surface area contributed by atoms with E-state index in [0.717, 1.165) is 43.2 Å². The Bertz CT molecular complexity index is 1100. The van der Waals surface area contributed by atoms with Gasteiger partial charge in [0, 0.05) is 40.6 Å². The molecule has 0 bridgehead atoms. The van der Waals surface area contributed by atoms with Crippen LogP contribution < -0.4 is 10.2 Å². The lowest BCUT2D eigenvalue weighted by atomic mass is 9.75. The van der Waals surface area contributed by atoms with E-state index in [1.807, 2.05) is 23.1 Å². The van der Waals surface area contributed by atoms with Crippen LogP contribution in [-0.2, 0) is 15.0 Å². The second kappa shape index (κ2) is 11.8. The molecule has 2 aliphatic heterocycles. The summed E-state index contributed by atoms with van der Waals surface area (Å²) in [5, 5.41) is 18.4. The number of halogens is 7. The second-order valence-electron chi connectivity index (χ2n) is 7.92. The van der Waals surface area contributed by atoms with Gasteiger partial charge in [-0.1, -0.05) is 11.6 Å². The lowest BCUT2D eigenvalue weighted by Gasteiger charge is -2.34. The predicted octanol–water partition coefficient (Wildman–Crippen LogP) is 4.28. The van der Waals surface area contributed by atoms with Gasteiger partial charge in [0.05, 0.1) is 0 Å². The zero-order valence-electron chi connectivity index (χ0n) is 18.7. The summed E-state index contributed by atoms with van der Waals surface area (Å²) in [6.07, 6.45) is -4.79. The number of piperidine rings is 1. The van der Waals surface area contributed by atoms with Crippen LogP contribution in [0.2, 0.25) is 5.02 Å². The summed E-state index contributed by atoms with van der Waals surface area (Å²) in [7, 11) is 0. The van der Waals surface area contributed by atoms with Gasteiger partial charge in [-0.15, -0.1) is 0 Å². The number of rotatable bonds is 1. The van der Waals surface area contributed by atoms with E-state index >= 15 is 0 Å². The molecule has 1 aromatic heterocycles. The maximum absolute atomic E-state index is 13.0. The molecule has 1 fully saturated rings. The number of carboxylic acids is 2. The molecule has 3 N–H and O–H groups in total. The number of pyridine rings is 1. The highest BCUT2D eigenvalue weighted by atomic mass is 35.5. The first-order chi connectivity index (χ1) is 17.1. The number of amides is 1. The standard InChI is InChI=1S/C18H18ClN3O.2C2HF3O2/c19-14-1-2-16-15(11-14)18(5-9-21-10-6-18)12-22(16)17(23)13-3-7-20-8-4-13;2*3-2(4,5)1(6)7/h1-4,7-8,11,21H,5-6,9-10,12H2;2*(H,6,7). The Kier molecular flexibility index (Phi) is 9.49. The zero-order chi connectivity index (χ0) is 28.0. The molecule has 0 aliphatic carbocycles. The fraction of sp³-hybridized carbons (Fsp3) is 0.364. The van der Waals surface area contributed by atoms with E-state index in [2.05, 4.69) is 10.3 Å². The van der Waals surface area contributed by atoms with Crippen LogP contribution in [0, 0.1) is 0 Å². The van der Waals surface area contributed by atoms with Gasteiger partial charge in [-0.2, -0.15) is 26.3 Å². The number of carboxylic acid groups (broad SMARTS) is 2. The van der Waals surface area contributed by atoms with E-state index < -0.39 is 24.3 Å². The Morgan fingerprint density at radius 2 is 1.41 bits per heavy atom. The number of aliphatic carboxylic acids is 2. The minimum atomic E-state index is -5.08. The van der Waals surface area contributed by atoms with Crippen molar-refractivity contribution >= 4 is 35.1 Å². The van der Waals surface area contributed by atoms with Crippen molar-refractivity contribution < 1.29 is 50.9 Å². The molecule has 2 aliphatic rings. The Balaban J connectivity index is 0.000000286. The van der Waals surface area contributed by atoms with Crippen molar-refractivity contribution in [1.82, 2.24) is 10.3 Å². The van der Waals surface area contributed by atoms with Gasteiger partial charge in [-0.05, 0) is 61.8 Å². The minimum Gasteiger partial charge on any atom is -0.475 e. The number of carbonyl (C=O) groups is 3. The summed E-state index contributed by atoms with van der Waals surface area (Å²) in [6, 6.07) is 9.43. The molecule has 0 radical (unpaired) electrons.